The van der Waals surface area contributed by atoms with Crippen LogP contribution in [0.3, 0.4) is 0 Å². The molecular weight excluding hydrogens is 264 g/mol. The summed E-state index contributed by atoms with van der Waals surface area (Å²) in [5.41, 5.74) is 0.392. The fraction of sp³-hybridized carbons (Fsp3) is 0.765. The highest BCUT2D eigenvalue weighted by Gasteiger charge is 2.38. The molecule has 3 heteroatoms. The lowest BCUT2D eigenvalue weighted by Crippen LogP contribution is -2.53. The van der Waals surface area contributed by atoms with Crippen LogP contribution in [0.25, 0.3) is 0 Å². The van der Waals surface area contributed by atoms with Gasteiger partial charge in [-0.1, -0.05) is 25.3 Å². The zero-order valence-electron chi connectivity index (χ0n) is 12.9. The molecule has 1 atom stereocenters. The van der Waals surface area contributed by atoms with Gasteiger partial charge < -0.3 is 10.2 Å². The minimum Gasteiger partial charge on any atom is -0.307 e. The van der Waals surface area contributed by atoms with Crippen LogP contribution < -0.4 is 5.32 Å². The molecule has 0 saturated heterocycles. The lowest BCUT2D eigenvalue weighted by atomic mass is 9.80. The van der Waals surface area contributed by atoms with Gasteiger partial charge in [-0.15, -0.1) is 11.3 Å². The van der Waals surface area contributed by atoms with Crippen molar-refractivity contribution in [3.63, 3.8) is 0 Å². The van der Waals surface area contributed by atoms with Crippen LogP contribution in [0.2, 0.25) is 0 Å². The van der Waals surface area contributed by atoms with Gasteiger partial charge in [-0.2, -0.15) is 0 Å². The highest BCUT2D eigenvalue weighted by molar-refractivity contribution is 7.10. The van der Waals surface area contributed by atoms with E-state index in [4.69, 9.17) is 0 Å². The molecule has 112 valence electrons. The summed E-state index contributed by atoms with van der Waals surface area (Å²) in [6, 6.07) is 5.11. The number of hydrogen-bond donors (Lipinski definition) is 1. The van der Waals surface area contributed by atoms with Crippen molar-refractivity contribution < 1.29 is 0 Å². The Morgan fingerprint density at radius 1 is 1.30 bits per heavy atom. The average molecular weight is 292 g/mol. The Morgan fingerprint density at radius 2 is 2.05 bits per heavy atom. The molecule has 1 aromatic heterocycles. The first kappa shape index (κ1) is 14.6. The first-order valence-corrected chi connectivity index (χ1v) is 9.03. The Bertz CT molecular complexity index is 403. The third-order valence-electron chi connectivity index (χ3n) is 5.33. The zero-order chi connectivity index (χ0) is 14.0. The first-order valence-electron chi connectivity index (χ1n) is 8.15. The highest BCUT2D eigenvalue weighted by atomic mass is 32.1. The summed E-state index contributed by atoms with van der Waals surface area (Å²) in [5.74, 6) is 0.886. The molecule has 2 saturated carbocycles. The Kier molecular flexibility index (Phi) is 4.49. The molecule has 0 spiro atoms. The van der Waals surface area contributed by atoms with Crippen molar-refractivity contribution in [3.05, 3.63) is 22.4 Å². The second-order valence-corrected chi connectivity index (χ2v) is 7.87. The van der Waals surface area contributed by atoms with Gasteiger partial charge in [-0.3, -0.25) is 0 Å². The summed E-state index contributed by atoms with van der Waals surface area (Å²) < 4.78 is 0. The van der Waals surface area contributed by atoms with Crippen LogP contribution in [-0.2, 0) is 0 Å². The number of likely N-dealkylation sites (N-methyl/N-ethyl adjacent to an activating group) is 1. The summed E-state index contributed by atoms with van der Waals surface area (Å²) in [4.78, 5) is 4.02. The molecule has 20 heavy (non-hydrogen) atoms. The summed E-state index contributed by atoms with van der Waals surface area (Å²) in [7, 11) is 4.54. The van der Waals surface area contributed by atoms with Crippen molar-refractivity contribution in [2.45, 2.75) is 56.5 Å². The minimum absolute atomic E-state index is 0.392. The number of nitrogens with one attached hydrogen (secondary N) is 1. The van der Waals surface area contributed by atoms with Gasteiger partial charge in [-0.05, 0) is 57.1 Å². The van der Waals surface area contributed by atoms with Gasteiger partial charge in [0.2, 0.25) is 0 Å². The molecule has 0 bridgehead atoms. The molecule has 0 amide bonds. The van der Waals surface area contributed by atoms with Crippen LogP contribution in [0.1, 0.15) is 55.9 Å². The van der Waals surface area contributed by atoms with Gasteiger partial charge in [-0.25, -0.2) is 0 Å². The number of rotatable bonds is 6. The molecule has 0 radical (unpaired) electrons. The quantitative estimate of drug-likeness (QED) is 0.851. The van der Waals surface area contributed by atoms with Crippen LogP contribution in [0.15, 0.2) is 17.5 Å². The first-order chi connectivity index (χ1) is 9.71. The van der Waals surface area contributed by atoms with E-state index in [9.17, 15) is 0 Å². The molecule has 1 unspecified atom stereocenters. The molecule has 2 nitrogen and oxygen atoms in total. The monoisotopic (exact) mass is 292 g/mol. The molecule has 2 aliphatic carbocycles. The largest absolute Gasteiger partial charge is 0.307 e. The van der Waals surface area contributed by atoms with Crippen molar-refractivity contribution in [2.75, 3.05) is 20.6 Å². The molecule has 2 fully saturated rings. The number of nitrogens with zero attached hydrogens (tertiary/aromatic N) is 1. The van der Waals surface area contributed by atoms with Crippen molar-refractivity contribution >= 4 is 11.3 Å². The third-order valence-corrected chi connectivity index (χ3v) is 6.28. The predicted octanol–water partition coefficient (Wildman–Crippen LogP) is 4.05. The molecular formula is C17H28N2S. The molecule has 3 rings (SSSR count). The van der Waals surface area contributed by atoms with Gasteiger partial charge in [0.05, 0.1) is 0 Å². The summed E-state index contributed by atoms with van der Waals surface area (Å²) in [6.45, 7) is 1.15. The maximum atomic E-state index is 3.94. The van der Waals surface area contributed by atoms with E-state index >= 15 is 0 Å². The van der Waals surface area contributed by atoms with E-state index in [0.29, 0.717) is 11.6 Å². The maximum absolute atomic E-state index is 3.94. The zero-order valence-corrected chi connectivity index (χ0v) is 13.7. The maximum Gasteiger partial charge on any atom is 0.0444 e. The number of hydrogen-bond acceptors (Lipinski definition) is 3. The fourth-order valence-corrected chi connectivity index (χ4v) is 4.58. The van der Waals surface area contributed by atoms with E-state index in [0.717, 1.165) is 12.5 Å². The summed E-state index contributed by atoms with van der Waals surface area (Å²) in [5, 5.41) is 6.16. The smallest absolute Gasteiger partial charge is 0.0444 e. The van der Waals surface area contributed by atoms with Gasteiger partial charge in [0.15, 0.2) is 0 Å². The van der Waals surface area contributed by atoms with Crippen LogP contribution in [-0.4, -0.2) is 31.1 Å². The Labute approximate surface area is 127 Å². The van der Waals surface area contributed by atoms with Crippen LogP contribution in [0, 0.1) is 5.92 Å². The molecule has 0 aliphatic heterocycles. The molecule has 1 N–H and O–H groups in total. The van der Waals surface area contributed by atoms with Crippen molar-refractivity contribution in [2.24, 2.45) is 5.92 Å². The van der Waals surface area contributed by atoms with Crippen molar-refractivity contribution in [1.29, 1.82) is 0 Å². The summed E-state index contributed by atoms with van der Waals surface area (Å²) in [6.07, 6.45) is 9.74. The lowest BCUT2D eigenvalue weighted by molar-refractivity contribution is 0.0942. The van der Waals surface area contributed by atoms with E-state index in [-0.39, 0.29) is 0 Å². The van der Waals surface area contributed by atoms with Crippen LogP contribution in [0.4, 0.5) is 0 Å². The Balaban J connectivity index is 1.66. The number of thiophene rings is 1. The van der Waals surface area contributed by atoms with Crippen LogP contribution in [0.5, 0.6) is 0 Å². The van der Waals surface area contributed by atoms with Gasteiger partial charge >= 0.3 is 0 Å². The van der Waals surface area contributed by atoms with Crippen molar-refractivity contribution in [3.8, 4) is 0 Å². The van der Waals surface area contributed by atoms with E-state index in [2.05, 4.69) is 41.8 Å². The molecule has 1 heterocycles. The van der Waals surface area contributed by atoms with Gasteiger partial charge in [0, 0.05) is 23.0 Å². The third kappa shape index (κ3) is 3.10. The van der Waals surface area contributed by atoms with Gasteiger partial charge in [0.1, 0.15) is 0 Å². The van der Waals surface area contributed by atoms with E-state index < -0.39 is 0 Å². The highest BCUT2D eigenvalue weighted by Crippen LogP contribution is 2.43. The Hall–Kier alpha value is -0.380. The van der Waals surface area contributed by atoms with Gasteiger partial charge in [0.25, 0.3) is 0 Å². The van der Waals surface area contributed by atoms with E-state index in [1.165, 1.54) is 49.8 Å². The molecule has 0 aromatic carbocycles. The molecule has 1 aromatic rings. The van der Waals surface area contributed by atoms with Crippen molar-refractivity contribution in [1.82, 2.24) is 10.2 Å². The Morgan fingerprint density at radius 3 is 2.60 bits per heavy atom. The summed E-state index contributed by atoms with van der Waals surface area (Å²) >= 11 is 1.92. The minimum atomic E-state index is 0.392. The normalized spacial score (nSPS) is 23.9. The van der Waals surface area contributed by atoms with Crippen LogP contribution >= 0.6 is 11.3 Å². The second-order valence-electron chi connectivity index (χ2n) is 6.89. The van der Waals surface area contributed by atoms with E-state index in [1.807, 2.05) is 11.3 Å². The topological polar surface area (TPSA) is 15.3 Å². The lowest BCUT2D eigenvalue weighted by Gasteiger charge is -2.44. The van der Waals surface area contributed by atoms with E-state index in [1.54, 1.807) is 0 Å². The second kappa shape index (κ2) is 6.17. The standard InChI is InChI=1S/C17H28N2S/c1-19(2)17(10-4-3-5-11-17)13-18-16(14-8-9-14)15-7-6-12-20-15/h6-7,12,14,16,18H,3-5,8-11,13H2,1-2H3. The fourth-order valence-electron chi connectivity index (χ4n) is 3.69. The molecule has 2 aliphatic rings. The average Bonchev–Trinajstić information content (AvgIpc) is 3.14. The SMILES string of the molecule is CN(C)C1(CNC(c2cccs2)C2CC2)CCCCC1. The predicted molar refractivity (Wildman–Crippen MR) is 87.3 cm³/mol.